The van der Waals surface area contributed by atoms with Gasteiger partial charge in [-0.2, -0.15) is 0 Å². The summed E-state index contributed by atoms with van der Waals surface area (Å²) >= 11 is 0. The molecule has 0 amide bonds. The summed E-state index contributed by atoms with van der Waals surface area (Å²) in [6, 6.07) is 10.1. The highest BCUT2D eigenvalue weighted by molar-refractivity contribution is 5.68. The lowest BCUT2D eigenvalue weighted by Crippen LogP contribution is -2.50. The second-order valence-electron chi connectivity index (χ2n) is 6.17. The van der Waals surface area contributed by atoms with E-state index in [1.807, 2.05) is 29.8 Å². The molecule has 24 heavy (non-hydrogen) atoms. The molecule has 2 aromatic heterocycles. The van der Waals surface area contributed by atoms with Crippen LogP contribution >= 0.6 is 0 Å². The average molecular weight is 320 g/mol. The number of pyridine rings is 1. The van der Waals surface area contributed by atoms with Crippen LogP contribution in [0, 0.1) is 13.8 Å². The number of aryl methyl sites for hydroxylation is 2. The van der Waals surface area contributed by atoms with Gasteiger partial charge in [0.15, 0.2) is 11.5 Å². The van der Waals surface area contributed by atoms with Crippen LogP contribution in [0.25, 0.3) is 5.82 Å². The van der Waals surface area contributed by atoms with E-state index in [4.69, 9.17) is 5.73 Å². The maximum absolute atomic E-state index is 6.91. The summed E-state index contributed by atoms with van der Waals surface area (Å²) in [7, 11) is 1.85. The van der Waals surface area contributed by atoms with E-state index in [1.165, 1.54) is 0 Å². The van der Waals surface area contributed by atoms with Crippen LogP contribution in [0.3, 0.4) is 0 Å². The minimum atomic E-state index is -0.859. The van der Waals surface area contributed by atoms with E-state index in [9.17, 15) is 0 Å². The van der Waals surface area contributed by atoms with Crippen LogP contribution in [-0.2, 0) is 5.66 Å². The van der Waals surface area contributed by atoms with Crippen molar-refractivity contribution in [3.63, 3.8) is 0 Å². The molecule has 6 nitrogen and oxygen atoms in total. The van der Waals surface area contributed by atoms with Crippen molar-refractivity contribution >= 4 is 11.5 Å². The van der Waals surface area contributed by atoms with Gasteiger partial charge in [0.05, 0.1) is 17.6 Å². The largest absolute Gasteiger partial charge is 0.373 e. The topological polar surface area (TPSA) is 80.8 Å². The molecular formula is C18H20N6. The van der Waals surface area contributed by atoms with E-state index in [1.54, 1.807) is 12.5 Å². The summed E-state index contributed by atoms with van der Waals surface area (Å²) in [4.78, 5) is 8.96. The predicted octanol–water partition coefficient (Wildman–Crippen LogP) is 2.51. The maximum Gasteiger partial charge on any atom is 0.164 e. The lowest BCUT2D eigenvalue weighted by Gasteiger charge is -2.39. The Kier molecular flexibility index (Phi) is 3.11. The van der Waals surface area contributed by atoms with Crippen LogP contribution in [0.4, 0.5) is 11.5 Å². The summed E-state index contributed by atoms with van der Waals surface area (Å²) in [6.07, 6.45) is 3.56. The van der Waals surface area contributed by atoms with Crippen LogP contribution in [0.15, 0.2) is 42.9 Å². The van der Waals surface area contributed by atoms with Crippen LogP contribution in [0.1, 0.15) is 22.4 Å². The third kappa shape index (κ3) is 1.93. The standard InChI is InChI=1S/C18H20N6/c1-11-5-4-6-12(2)16(11)18(19)14-9-21-10-24(14)17-13(23-18)7-8-15(20-3)22-17/h4-10,23H,19H2,1-3H3,(H,20,22). The maximum atomic E-state index is 6.91. The zero-order valence-electron chi connectivity index (χ0n) is 14.0. The Morgan fingerprint density at radius 3 is 2.62 bits per heavy atom. The first-order valence-corrected chi connectivity index (χ1v) is 7.90. The molecule has 1 aliphatic rings. The first kappa shape index (κ1) is 14.7. The van der Waals surface area contributed by atoms with Gasteiger partial charge in [0.25, 0.3) is 0 Å². The Morgan fingerprint density at radius 1 is 1.17 bits per heavy atom. The van der Waals surface area contributed by atoms with E-state index in [0.717, 1.165) is 39.7 Å². The fourth-order valence-corrected chi connectivity index (χ4v) is 3.53. The highest BCUT2D eigenvalue weighted by atomic mass is 15.3. The lowest BCUT2D eigenvalue weighted by molar-refractivity contribution is 0.561. The molecule has 122 valence electrons. The SMILES string of the molecule is CNc1ccc2c(n1)-n1cncc1C(N)(c1c(C)cccc1C)N2. The fourth-order valence-electron chi connectivity index (χ4n) is 3.53. The second kappa shape index (κ2) is 5.07. The third-order valence-electron chi connectivity index (χ3n) is 4.61. The van der Waals surface area contributed by atoms with Gasteiger partial charge in [-0.15, -0.1) is 0 Å². The van der Waals surface area contributed by atoms with Gasteiger partial charge in [0.2, 0.25) is 0 Å². The molecule has 4 N–H and O–H groups in total. The lowest BCUT2D eigenvalue weighted by atomic mass is 9.87. The molecular weight excluding hydrogens is 300 g/mol. The summed E-state index contributed by atoms with van der Waals surface area (Å²) in [5.41, 5.74) is 11.1. The third-order valence-corrected chi connectivity index (χ3v) is 4.61. The molecule has 1 aromatic carbocycles. The molecule has 3 aromatic rings. The quantitative estimate of drug-likeness (QED) is 0.676. The van der Waals surface area contributed by atoms with E-state index in [-0.39, 0.29) is 0 Å². The van der Waals surface area contributed by atoms with Crippen molar-refractivity contribution in [2.75, 3.05) is 17.7 Å². The van der Waals surface area contributed by atoms with E-state index in [2.05, 4.69) is 46.6 Å². The Morgan fingerprint density at radius 2 is 1.92 bits per heavy atom. The molecule has 0 bridgehead atoms. The van der Waals surface area contributed by atoms with Crippen LogP contribution in [0.2, 0.25) is 0 Å². The van der Waals surface area contributed by atoms with E-state index in [0.29, 0.717) is 0 Å². The van der Waals surface area contributed by atoms with Crippen molar-refractivity contribution < 1.29 is 0 Å². The van der Waals surface area contributed by atoms with Gasteiger partial charge in [0, 0.05) is 12.6 Å². The Balaban J connectivity index is 1.98. The summed E-state index contributed by atoms with van der Waals surface area (Å²) < 4.78 is 1.96. The smallest absolute Gasteiger partial charge is 0.164 e. The number of hydrogen-bond donors (Lipinski definition) is 3. The molecule has 0 saturated heterocycles. The van der Waals surface area contributed by atoms with Crippen LogP contribution in [0.5, 0.6) is 0 Å². The minimum absolute atomic E-state index is 0.793. The monoisotopic (exact) mass is 320 g/mol. The second-order valence-corrected chi connectivity index (χ2v) is 6.17. The number of rotatable bonds is 2. The fraction of sp³-hybridized carbons (Fsp3) is 0.222. The Bertz CT molecular complexity index is 909. The van der Waals surface area contributed by atoms with Crippen LogP contribution in [-0.4, -0.2) is 21.6 Å². The molecule has 0 spiro atoms. The van der Waals surface area contributed by atoms with Crippen molar-refractivity contribution in [1.82, 2.24) is 14.5 Å². The number of anilines is 2. The van der Waals surface area contributed by atoms with Gasteiger partial charge in [0.1, 0.15) is 12.1 Å². The Hall–Kier alpha value is -2.86. The molecule has 0 fully saturated rings. The summed E-state index contributed by atoms with van der Waals surface area (Å²) in [6.45, 7) is 4.16. The number of nitrogens with zero attached hydrogens (tertiary/aromatic N) is 3. The van der Waals surface area contributed by atoms with Gasteiger partial charge in [-0.25, -0.2) is 9.97 Å². The number of imidazole rings is 1. The molecule has 0 aliphatic carbocycles. The number of nitrogens with two attached hydrogens (primary N) is 1. The molecule has 0 saturated carbocycles. The molecule has 1 atom stereocenters. The molecule has 3 heterocycles. The Labute approximate surface area is 140 Å². The molecule has 6 heteroatoms. The number of hydrogen-bond acceptors (Lipinski definition) is 5. The predicted molar refractivity (Wildman–Crippen MR) is 95.4 cm³/mol. The van der Waals surface area contributed by atoms with Crippen molar-refractivity contribution in [3.8, 4) is 5.82 Å². The normalized spacial score (nSPS) is 18.5. The number of fused-ring (bicyclic) bond motifs is 3. The summed E-state index contributed by atoms with van der Waals surface area (Å²) in [5, 5.41) is 6.56. The van der Waals surface area contributed by atoms with Crippen molar-refractivity contribution in [2.24, 2.45) is 5.73 Å². The zero-order chi connectivity index (χ0) is 16.9. The molecule has 4 rings (SSSR count). The first-order chi connectivity index (χ1) is 11.5. The molecule has 1 unspecified atom stereocenters. The molecule has 0 radical (unpaired) electrons. The number of aromatic nitrogens is 3. The van der Waals surface area contributed by atoms with E-state index < -0.39 is 5.66 Å². The van der Waals surface area contributed by atoms with Crippen molar-refractivity contribution in [1.29, 1.82) is 0 Å². The van der Waals surface area contributed by atoms with Gasteiger partial charge >= 0.3 is 0 Å². The number of benzene rings is 1. The summed E-state index contributed by atoms with van der Waals surface area (Å²) in [5.74, 6) is 1.59. The molecule has 1 aliphatic heterocycles. The minimum Gasteiger partial charge on any atom is -0.373 e. The van der Waals surface area contributed by atoms with Crippen molar-refractivity contribution in [2.45, 2.75) is 19.5 Å². The highest BCUT2D eigenvalue weighted by Crippen LogP contribution is 2.39. The van der Waals surface area contributed by atoms with Gasteiger partial charge in [-0.05, 0) is 37.1 Å². The van der Waals surface area contributed by atoms with Crippen molar-refractivity contribution in [3.05, 3.63) is 65.2 Å². The van der Waals surface area contributed by atoms with Gasteiger partial charge in [-0.1, -0.05) is 18.2 Å². The van der Waals surface area contributed by atoms with Gasteiger partial charge in [-0.3, -0.25) is 10.3 Å². The van der Waals surface area contributed by atoms with E-state index >= 15 is 0 Å². The highest BCUT2D eigenvalue weighted by Gasteiger charge is 2.40. The average Bonchev–Trinajstić information content (AvgIpc) is 3.05. The number of nitrogens with one attached hydrogen (secondary N) is 2. The van der Waals surface area contributed by atoms with Crippen LogP contribution < -0.4 is 16.4 Å². The zero-order valence-corrected chi connectivity index (χ0v) is 14.0. The van der Waals surface area contributed by atoms with Gasteiger partial charge < -0.3 is 10.6 Å². The first-order valence-electron chi connectivity index (χ1n) is 7.90.